The van der Waals surface area contributed by atoms with Gasteiger partial charge in [-0.05, 0) is 51.6 Å². The summed E-state index contributed by atoms with van der Waals surface area (Å²) in [5.41, 5.74) is 1.05. The number of likely N-dealkylation sites (N-methyl/N-ethyl adjacent to an activating group) is 1. The van der Waals surface area contributed by atoms with Crippen LogP contribution < -0.4 is 10.6 Å². The van der Waals surface area contributed by atoms with Gasteiger partial charge < -0.3 is 25.0 Å². The average Bonchev–Trinajstić information content (AvgIpc) is 3.16. The molecule has 0 spiro atoms. The van der Waals surface area contributed by atoms with Gasteiger partial charge in [-0.2, -0.15) is 0 Å². The summed E-state index contributed by atoms with van der Waals surface area (Å²) >= 11 is 0. The Bertz CT molecular complexity index is 566. The van der Waals surface area contributed by atoms with Crippen LogP contribution >= 0.6 is 24.0 Å². The molecule has 0 bridgehead atoms. The van der Waals surface area contributed by atoms with E-state index in [9.17, 15) is 4.39 Å². The monoisotopic (exact) mass is 508 g/mol. The number of halogens is 2. The van der Waals surface area contributed by atoms with Crippen molar-refractivity contribution in [1.82, 2.24) is 15.5 Å². The van der Waals surface area contributed by atoms with Crippen LogP contribution in [0, 0.1) is 5.82 Å². The number of nitrogens with zero attached hydrogens (tertiary/aromatic N) is 2. The molecule has 160 valence electrons. The third-order valence-electron chi connectivity index (χ3n) is 4.50. The summed E-state index contributed by atoms with van der Waals surface area (Å²) in [5, 5.41) is 6.62. The molecule has 1 aliphatic rings. The van der Waals surface area contributed by atoms with Crippen molar-refractivity contribution in [1.29, 1.82) is 0 Å². The van der Waals surface area contributed by atoms with Gasteiger partial charge in [-0.1, -0.05) is 12.1 Å². The fraction of sp³-hybridized carbons (Fsp3) is 0.650. The van der Waals surface area contributed by atoms with Crippen LogP contribution in [0.4, 0.5) is 4.39 Å². The highest BCUT2D eigenvalue weighted by molar-refractivity contribution is 14.0. The zero-order valence-electron chi connectivity index (χ0n) is 17.1. The van der Waals surface area contributed by atoms with Crippen LogP contribution in [0.25, 0.3) is 0 Å². The standard InChI is InChI=1S/C20H33FN4O2.HI/c1-4-22-20(23-11-5-12-27-18-10-13-26-15-18)24-14-19(25(2)3)16-6-8-17(21)9-7-16;/h6-9,18-19H,4-5,10-15H2,1-3H3,(H2,22,23,24);1H. The van der Waals surface area contributed by atoms with Gasteiger partial charge in [-0.25, -0.2) is 4.39 Å². The number of rotatable bonds is 10. The van der Waals surface area contributed by atoms with Gasteiger partial charge in [0.1, 0.15) is 5.82 Å². The Morgan fingerprint density at radius 2 is 2.07 bits per heavy atom. The number of aliphatic imine (C=N–C) groups is 1. The molecule has 2 unspecified atom stereocenters. The van der Waals surface area contributed by atoms with Gasteiger partial charge in [0.2, 0.25) is 0 Å². The largest absolute Gasteiger partial charge is 0.379 e. The van der Waals surface area contributed by atoms with Crippen LogP contribution in [0.15, 0.2) is 29.3 Å². The van der Waals surface area contributed by atoms with Crippen molar-refractivity contribution in [3.63, 3.8) is 0 Å². The Labute approximate surface area is 185 Å². The van der Waals surface area contributed by atoms with Crippen molar-refractivity contribution in [2.45, 2.75) is 31.9 Å². The highest BCUT2D eigenvalue weighted by Crippen LogP contribution is 2.19. The smallest absolute Gasteiger partial charge is 0.191 e. The van der Waals surface area contributed by atoms with Crippen molar-refractivity contribution in [2.75, 3.05) is 53.6 Å². The molecule has 2 rings (SSSR count). The predicted molar refractivity (Wildman–Crippen MR) is 122 cm³/mol. The summed E-state index contributed by atoms with van der Waals surface area (Å²) in [5.74, 6) is 0.566. The SMILES string of the molecule is CCNC(=NCC(c1ccc(F)cc1)N(C)C)NCCCOC1CCOC1.I. The molecule has 0 aliphatic carbocycles. The quantitative estimate of drug-likeness (QED) is 0.221. The minimum absolute atomic E-state index is 0. The molecule has 1 heterocycles. The molecule has 6 nitrogen and oxygen atoms in total. The first kappa shape index (κ1) is 25.1. The van der Waals surface area contributed by atoms with Crippen LogP contribution in [0.3, 0.4) is 0 Å². The summed E-state index contributed by atoms with van der Waals surface area (Å²) in [7, 11) is 4.02. The molecule has 0 amide bonds. The second-order valence-electron chi connectivity index (χ2n) is 6.89. The third-order valence-corrected chi connectivity index (χ3v) is 4.50. The van der Waals surface area contributed by atoms with Crippen LogP contribution in [-0.4, -0.2) is 70.5 Å². The number of benzene rings is 1. The molecular formula is C20H34FIN4O2. The molecule has 8 heteroatoms. The number of nitrogens with one attached hydrogen (secondary N) is 2. The lowest BCUT2D eigenvalue weighted by Crippen LogP contribution is -2.39. The van der Waals surface area contributed by atoms with Crippen molar-refractivity contribution < 1.29 is 13.9 Å². The van der Waals surface area contributed by atoms with Crippen molar-refractivity contribution in [2.24, 2.45) is 4.99 Å². The summed E-state index contributed by atoms with van der Waals surface area (Å²) in [6.07, 6.45) is 2.16. The molecule has 1 fully saturated rings. The number of ether oxygens (including phenoxy) is 2. The first-order valence-electron chi connectivity index (χ1n) is 9.73. The lowest BCUT2D eigenvalue weighted by molar-refractivity contribution is 0.0420. The Morgan fingerprint density at radius 3 is 2.68 bits per heavy atom. The van der Waals surface area contributed by atoms with E-state index in [-0.39, 0.29) is 41.9 Å². The Morgan fingerprint density at radius 1 is 1.32 bits per heavy atom. The third kappa shape index (κ3) is 9.02. The summed E-state index contributed by atoms with van der Waals surface area (Å²) in [4.78, 5) is 6.80. The van der Waals surface area contributed by atoms with Crippen molar-refractivity contribution in [3.05, 3.63) is 35.6 Å². The Hall–Kier alpha value is -0.970. The average molecular weight is 508 g/mol. The second-order valence-corrected chi connectivity index (χ2v) is 6.89. The molecule has 2 atom stereocenters. The van der Waals surface area contributed by atoms with Crippen LogP contribution in [-0.2, 0) is 9.47 Å². The molecule has 0 aromatic heterocycles. The maximum absolute atomic E-state index is 13.2. The molecule has 2 N–H and O–H groups in total. The Kier molecular flexibility index (Phi) is 12.6. The lowest BCUT2D eigenvalue weighted by Gasteiger charge is -2.23. The van der Waals surface area contributed by atoms with Crippen LogP contribution in [0.2, 0.25) is 0 Å². The first-order valence-corrected chi connectivity index (χ1v) is 9.73. The van der Waals surface area contributed by atoms with E-state index in [2.05, 4.69) is 15.5 Å². The van der Waals surface area contributed by atoms with E-state index in [0.29, 0.717) is 13.2 Å². The van der Waals surface area contributed by atoms with E-state index >= 15 is 0 Å². The minimum atomic E-state index is -0.221. The van der Waals surface area contributed by atoms with Gasteiger partial charge in [0, 0.05) is 26.3 Å². The molecule has 1 aliphatic heterocycles. The van der Waals surface area contributed by atoms with Crippen LogP contribution in [0.5, 0.6) is 0 Å². The predicted octanol–water partition coefficient (Wildman–Crippen LogP) is 2.80. The summed E-state index contributed by atoms with van der Waals surface area (Å²) in [6.45, 7) is 6.46. The van der Waals surface area contributed by atoms with E-state index < -0.39 is 0 Å². The van der Waals surface area contributed by atoms with E-state index in [1.807, 2.05) is 33.2 Å². The maximum atomic E-state index is 13.2. The number of guanidine groups is 1. The van der Waals surface area contributed by atoms with E-state index in [0.717, 1.165) is 50.7 Å². The maximum Gasteiger partial charge on any atom is 0.191 e. The fourth-order valence-electron chi connectivity index (χ4n) is 2.94. The Balaban J connectivity index is 0.00000392. The zero-order valence-corrected chi connectivity index (χ0v) is 19.4. The fourth-order valence-corrected chi connectivity index (χ4v) is 2.94. The van der Waals surface area contributed by atoms with Crippen molar-refractivity contribution >= 4 is 29.9 Å². The van der Waals surface area contributed by atoms with Gasteiger partial charge in [-0.3, -0.25) is 4.99 Å². The summed E-state index contributed by atoms with van der Waals surface area (Å²) < 4.78 is 24.3. The molecule has 1 aromatic rings. The molecular weight excluding hydrogens is 474 g/mol. The lowest BCUT2D eigenvalue weighted by atomic mass is 10.1. The van der Waals surface area contributed by atoms with Gasteiger partial charge in [0.15, 0.2) is 5.96 Å². The van der Waals surface area contributed by atoms with Gasteiger partial charge in [0.05, 0.1) is 25.3 Å². The van der Waals surface area contributed by atoms with Gasteiger partial charge in [-0.15, -0.1) is 24.0 Å². The van der Waals surface area contributed by atoms with E-state index in [1.54, 1.807) is 0 Å². The topological polar surface area (TPSA) is 58.1 Å². The molecule has 1 aromatic carbocycles. The van der Waals surface area contributed by atoms with Gasteiger partial charge in [0.25, 0.3) is 0 Å². The van der Waals surface area contributed by atoms with Gasteiger partial charge >= 0.3 is 0 Å². The number of hydrogen-bond donors (Lipinski definition) is 2. The highest BCUT2D eigenvalue weighted by Gasteiger charge is 2.16. The van der Waals surface area contributed by atoms with E-state index in [1.165, 1.54) is 12.1 Å². The molecule has 0 saturated carbocycles. The highest BCUT2D eigenvalue weighted by atomic mass is 127. The summed E-state index contributed by atoms with van der Waals surface area (Å²) in [6, 6.07) is 6.72. The number of hydrogen-bond acceptors (Lipinski definition) is 4. The zero-order chi connectivity index (χ0) is 19.5. The van der Waals surface area contributed by atoms with Crippen molar-refractivity contribution in [3.8, 4) is 0 Å². The van der Waals surface area contributed by atoms with Crippen LogP contribution in [0.1, 0.15) is 31.4 Å². The first-order chi connectivity index (χ1) is 13.1. The second kappa shape index (κ2) is 14.1. The normalized spacial score (nSPS) is 18.0. The van der Waals surface area contributed by atoms with E-state index in [4.69, 9.17) is 14.5 Å². The molecule has 0 radical (unpaired) electrons. The minimum Gasteiger partial charge on any atom is -0.379 e. The molecule has 28 heavy (non-hydrogen) atoms. The molecule has 1 saturated heterocycles.